The van der Waals surface area contributed by atoms with Crippen molar-refractivity contribution in [2.75, 3.05) is 5.32 Å². The first-order valence-electron chi connectivity index (χ1n) is 8.67. The molecule has 0 fully saturated rings. The Kier molecular flexibility index (Phi) is 6.20. The van der Waals surface area contributed by atoms with Crippen LogP contribution in [0.2, 0.25) is 0 Å². The van der Waals surface area contributed by atoms with Crippen molar-refractivity contribution in [3.05, 3.63) is 83.9 Å². The van der Waals surface area contributed by atoms with Crippen LogP contribution in [0.1, 0.15) is 11.1 Å². The zero-order chi connectivity index (χ0) is 20.9. The van der Waals surface area contributed by atoms with Gasteiger partial charge in [-0.2, -0.15) is 0 Å². The van der Waals surface area contributed by atoms with Crippen molar-refractivity contribution in [2.24, 2.45) is 5.73 Å². The molecule has 3 aromatic rings. The minimum absolute atomic E-state index is 0.0850. The van der Waals surface area contributed by atoms with Crippen LogP contribution in [0.5, 0.6) is 0 Å². The monoisotopic (exact) mass is 414 g/mol. The Morgan fingerprint density at radius 2 is 1.83 bits per heavy atom. The number of sulfone groups is 1. The van der Waals surface area contributed by atoms with E-state index in [1.807, 2.05) is 6.07 Å². The average Bonchev–Trinajstić information content (AvgIpc) is 2.73. The predicted molar refractivity (Wildman–Crippen MR) is 106 cm³/mol. The van der Waals surface area contributed by atoms with Gasteiger partial charge < -0.3 is 16.4 Å². The zero-order valence-electron chi connectivity index (χ0n) is 15.3. The second kappa shape index (κ2) is 8.80. The van der Waals surface area contributed by atoms with E-state index in [4.69, 9.17) is 5.73 Å². The molecule has 0 atom stereocenters. The SMILES string of the molecule is NCc1ccc(S(=O)(=O)c2ccc(NC(=O)NCc3cccnc3)cc2)c(F)c1. The molecule has 0 aliphatic rings. The molecule has 29 heavy (non-hydrogen) atoms. The maximum absolute atomic E-state index is 14.2. The highest BCUT2D eigenvalue weighted by Gasteiger charge is 2.22. The van der Waals surface area contributed by atoms with E-state index < -0.39 is 26.6 Å². The number of halogens is 1. The molecule has 1 heterocycles. The third-order valence-electron chi connectivity index (χ3n) is 4.12. The maximum Gasteiger partial charge on any atom is 0.319 e. The molecule has 7 nitrogen and oxygen atoms in total. The van der Waals surface area contributed by atoms with Gasteiger partial charge in [0.25, 0.3) is 0 Å². The number of hydrogen-bond acceptors (Lipinski definition) is 5. The summed E-state index contributed by atoms with van der Waals surface area (Å²) in [7, 11) is -4.04. The van der Waals surface area contributed by atoms with Crippen LogP contribution in [-0.4, -0.2) is 19.4 Å². The van der Waals surface area contributed by atoms with Gasteiger partial charge in [-0.3, -0.25) is 4.98 Å². The van der Waals surface area contributed by atoms with E-state index in [-0.39, 0.29) is 11.4 Å². The van der Waals surface area contributed by atoms with E-state index in [2.05, 4.69) is 15.6 Å². The standard InChI is InChI=1S/C20H19FN4O3S/c21-18-10-14(11-22)3-8-19(18)29(27,28)17-6-4-16(5-7-17)25-20(26)24-13-15-2-1-9-23-12-15/h1-10,12H,11,13,22H2,(H2,24,25,26). The van der Waals surface area contributed by atoms with Gasteiger partial charge >= 0.3 is 6.03 Å². The van der Waals surface area contributed by atoms with Crippen LogP contribution in [0.4, 0.5) is 14.9 Å². The number of benzene rings is 2. The Hall–Kier alpha value is -3.30. The Bertz CT molecular complexity index is 1100. The van der Waals surface area contributed by atoms with Crippen molar-refractivity contribution >= 4 is 21.6 Å². The van der Waals surface area contributed by atoms with Gasteiger partial charge in [0.05, 0.1) is 4.90 Å². The second-order valence-corrected chi connectivity index (χ2v) is 8.08. The highest BCUT2D eigenvalue weighted by Crippen LogP contribution is 2.25. The largest absolute Gasteiger partial charge is 0.334 e. The lowest BCUT2D eigenvalue weighted by Gasteiger charge is -2.10. The number of rotatable bonds is 6. The van der Waals surface area contributed by atoms with Crippen molar-refractivity contribution in [1.29, 1.82) is 0 Å². The summed E-state index contributed by atoms with van der Waals surface area (Å²) in [6.07, 6.45) is 3.27. The zero-order valence-corrected chi connectivity index (χ0v) is 16.1. The third-order valence-corrected chi connectivity index (χ3v) is 5.92. The molecular weight excluding hydrogens is 395 g/mol. The van der Waals surface area contributed by atoms with Gasteiger partial charge in [-0.15, -0.1) is 0 Å². The van der Waals surface area contributed by atoms with Crippen molar-refractivity contribution in [3.63, 3.8) is 0 Å². The van der Waals surface area contributed by atoms with Crippen LogP contribution in [0.15, 0.2) is 76.8 Å². The number of nitrogens with one attached hydrogen (secondary N) is 2. The highest BCUT2D eigenvalue weighted by molar-refractivity contribution is 7.91. The summed E-state index contributed by atoms with van der Waals surface area (Å²) >= 11 is 0. The molecule has 9 heteroatoms. The van der Waals surface area contributed by atoms with Crippen LogP contribution < -0.4 is 16.4 Å². The Balaban J connectivity index is 1.68. The molecule has 0 aliphatic heterocycles. The number of anilines is 1. The Labute approximate surface area is 167 Å². The number of carbonyl (C=O) groups excluding carboxylic acids is 1. The molecule has 0 radical (unpaired) electrons. The quantitative estimate of drug-likeness (QED) is 0.574. The molecule has 2 amide bonds. The van der Waals surface area contributed by atoms with Gasteiger partial charge in [0, 0.05) is 31.2 Å². The lowest BCUT2D eigenvalue weighted by atomic mass is 10.2. The summed E-state index contributed by atoms with van der Waals surface area (Å²) in [5.41, 5.74) is 7.17. The summed E-state index contributed by atoms with van der Waals surface area (Å²) in [6.45, 7) is 0.407. The number of nitrogens with zero attached hydrogens (tertiary/aromatic N) is 1. The molecule has 0 aliphatic carbocycles. The van der Waals surface area contributed by atoms with Crippen LogP contribution in [0, 0.1) is 5.82 Å². The van der Waals surface area contributed by atoms with E-state index in [9.17, 15) is 17.6 Å². The molecule has 1 aromatic heterocycles. The number of nitrogens with two attached hydrogens (primary N) is 1. The van der Waals surface area contributed by atoms with Gasteiger partial charge in [0.2, 0.25) is 9.84 Å². The normalized spacial score (nSPS) is 11.1. The van der Waals surface area contributed by atoms with Gasteiger partial charge in [0.1, 0.15) is 10.7 Å². The minimum Gasteiger partial charge on any atom is -0.334 e. The molecule has 0 unspecified atom stereocenters. The lowest BCUT2D eigenvalue weighted by molar-refractivity contribution is 0.251. The number of aromatic nitrogens is 1. The number of urea groups is 1. The van der Waals surface area contributed by atoms with Gasteiger partial charge in [0.15, 0.2) is 0 Å². The number of hydrogen-bond donors (Lipinski definition) is 3. The first-order valence-corrected chi connectivity index (χ1v) is 10.2. The lowest BCUT2D eigenvalue weighted by Crippen LogP contribution is -2.28. The maximum atomic E-state index is 14.2. The molecule has 0 saturated heterocycles. The fourth-order valence-electron chi connectivity index (χ4n) is 2.59. The van der Waals surface area contributed by atoms with Crippen molar-refractivity contribution in [3.8, 4) is 0 Å². The van der Waals surface area contributed by atoms with E-state index in [0.29, 0.717) is 17.8 Å². The number of carbonyl (C=O) groups is 1. The third kappa shape index (κ3) is 4.95. The summed E-state index contributed by atoms with van der Waals surface area (Å²) in [5, 5.41) is 5.27. The van der Waals surface area contributed by atoms with Crippen LogP contribution in [0.25, 0.3) is 0 Å². The van der Waals surface area contributed by atoms with E-state index in [1.54, 1.807) is 18.5 Å². The second-order valence-electron chi connectivity index (χ2n) is 6.17. The van der Waals surface area contributed by atoms with E-state index >= 15 is 0 Å². The van der Waals surface area contributed by atoms with Gasteiger partial charge in [-0.1, -0.05) is 12.1 Å². The Morgan fingerprint density at radius 3 is 2.45 bits per heavy atom. The average molecular weight is 414 g/mol. The number of amides is 2. The first-order chi connectivity index (χ1) is 13.9. The van der Waals surface area contributed by atoms with Gasteiger partial charge in [-0.25, -0.2) is 17.6 Å². The highest BCUT2D eigenvalue weighted by atomic mass is 32.2. The molecule has 2 aromatic carbocycles. The molecular formula is C20H19FN4O3S. The molecule has 0 saturated carbocycles. The smallest absolute Gasteiger partial charge is 0.319 e. The fraction of sp³-hybridized carbons (Fsp3) is 0.100. The molecule has 150 valence electrons. The van der Waals surface area contributed by atoms with Crippen LogP contribution >= 0.6 is 0 Å². The van der Waals surface area contributed by atoms with Gasteiger partial charge in [-0.05, 0) is 53.6 Å². The minimum atomic E-state index is -4.04. The summed E-state index contributed by atoms with van der Waals surface area (Å²) < 4.78 is 39.5. The van der Waals surface area contributed by atoms with Crippen LogP contribution in [0.3, 0.4) is 0 Å². The summed E-state index contributed by atoms with van der Waals surface area (Å²) in [4.78, 5) is 15.4. The van der Waals surface area contributed by atoms with Crippen LogP contribution in [-0.2, 0) is 22.9 Å². The number of pyridine rings is 1. The first kappa shape index (κ1) is 20.4. The summed E-state index contributed by atoms with van der Waals surface area (Å²) in [5.74, 6) is -0.857. The topological polar surface area (TPSA) is 114 Å². The van der Waals surface area contributed by atoms with Crippen molar-refractivity contribution < 1.29 is 17.6 Å². The van der Waals surface area contributed by atoms with E-state index in [1.165, 1.54) is 36.4 Å². The Morgan fingerprint density at radius 1 is 1.07 bits per heavy atom. The predicted octanol–water partition coefficient (Wildman–Crippen LogP) is 2.83. The van der Waals surface area contributed by atoms with E-state index in [0.717, 1.165) is 11.6 Å². The fourth-order valence-corrected chi connectivity index (χ4v) is 3.91. The molecule has 4 N–H and O–H groups in total. The van der Waals surface area contributed by atoms with Crippen molar-refractivity contribution in [2.45, 2.75) is 22.9 Å². The summed E-state index contributed by atoms with van der Waals surface area (Å²) in [6, 6.07) is 12.4. The molecule has 0 spiro atoms. The molecule has 3 rings (SSSR count). The van der Waals surface area contributed by atoms with Crippen molar-refractivity contribution in [1.82, 2.24) is 10.3 Å². The molecule has 0 bridgehead atoms.